The van der Waals surface area contributed by atoms with Gasteiger partial charge in [-0.3, -0.25) is 4.79 Å². The highest BCUT2D eigenvalue weighted by Gasteiger charge is 2.24. The lowest BCUT2D eigenvalue weighted by Gasteiger charge is -2.35. The van der Waals surface area contributed by atoms with Crippen LogP contribution in [0, 0.1) is 5.92 Å². The number of likely N-dealkylation sites (tertiary alicyclic amines) is 1. The number of ether oxygens (including phenoxy) is 1. The van der Waals surface area contributed by atoms with Crippen LogP contribution in [-0.2, 0) is 4.79 Å². The van der Waals surface area contributed by atoms with E-state index in [9.17, 15) is 4.79 Å². The normalized spacial score (nSPS) is 19.4. The number of piperidine rings is 1. The molecule has 2 aliphatic rings. The fourth-order valence-electron chi connectivity index (χ4n) is 2.91. The first-order valence-electron chi connectivity index (χ1n) is 7.48. The maximum absolute atomic E-state index is 12.4. The van der Waals surface area contributed by atoms with Gasteiger partial charge in [-0.2, -0.15) is 0 Å². The minimum Gasteiger partial charge on any atom is -0.490 e. The van der Waals surface area contributed by atoms with E-state index in [1.807, 2.05) is 29.2 Å². The molecule has 1 saturated heterocycles. The third-order valence-electron chi connectivity index (χ3n) is 4.29. The lowest BCUT2D eigenvalue weighted by molar-refractivity contribution is -0.131. The Morgan fingerprint density at radius 2 is 2.00 bits per heavy atom. The summed E-state index contributed by atoms with van der Waals surface area (Å²) in [5.41, 5.74) is 1.04. The molecule has 0 bridgehead atoms. The molecule has 1 aromatic rings. The monoisotopic (exact) mass is 274 g/mol. The van der Waals surface area contributed by atoms with Crippen LogP contribution in [-0.4, -0.2) is 43.6 Å². The van der Waals surface area contributed by atoms with Crippen molar-refractivity contribution in [1.29, 1.82) is 0 Å². The SMILES string of the molecule is CC1CCN(C(=O)CN2CCOc3ccccc32)CC1. The maximum Gasteiger partial charge on any atom is 0.242 e. The Kier molecular flexibility index (Phi) is 3.81. The van der Waals surface area contributed by atoms with E-state index in [1.54, 1.807) is 0 Å². The first-order valence-corrected chi connectivity index (χ1v) is 7.48. The predicted molar refractivity (Wildman–Crippen MR) is 79.1 cm³/mol. The smallest absolute Gasteiger partial charge is 0.242 e. The molecule has 0 unspecified atom stereocenters. The van der Waals surface area contributed by atoms with Gasteiger partial charge in [-0.05, 0) is 30.9 Å². The molecule has 3 rings (SSSR count). The Balaban J connectivity index is 1.65. The molecule has 2 aliphatic heterocycles. The van der Waals surface area contributed by atoms with E-state index in [2.05, 4.69) is 11.8 Å². The number of rotatable bonds is 2. The molecule has 2 heterocycles. The molecule has 1 amide bonds. The van der Waals surface area contributed by atoms with E-state index in [0.29, 0.717) is 13.2 Å². The molecule has 4 nitrogen and oxygen atoms in total. The molecule has 4 heteroatoms. The van der Waals surface area contributed by atoms with Gasteiger partial charge in [0.15, 0.2) is 0 Å². The van der Waals surface area contributed by atoms with Crippen molar-refractivity contribution >= 4 is 11.6 Å². The molecule has 0 aromatic heterocycles. The van der Waals surface area contributed by atoms with Crippen molar-refractivity contribution in [3.8, 4) is 5.75 Å². The van der Waals surface area contributed by atoms with Crippen LogP contribution in [0.1, 0.15) is 19.8 Å². The van der Waals surface area contributed by atoms with Gasteiger partial charge in [0, 0.05) is 13.1 Å². The van der Waals surface area contributed by atoms with Crippen LogP contribution < -0.4 is 9.64 Å². The standard InChI is InChI=1S/C16H22N2O2/c1-13-6-8-17(9-7-13)16(19)12-18-10-11-20-15-5-3-2-4-14(15)18/h2-5,13H,6-12H2,1H3. The van der Waals surface area contributed by atoms with Gasteiger partial charge in [0.2, 0.25) is 5.91 Å². The van der Waals surface area contributed by atoms with Gasteiger partial charge in [0.25, 0.3) is 0 Å². The second kappa shape index (κ2) is 5.73. The van der Waals surface area contributed by atoms with E-state index >= 15 is 0 Å². The first-order chi connectivity index (χ1) is 9.74. The Morgan fingerprint density at radius 3 is 2.80 bits per heavy atom. The number of carbonyl (C=O) groups is 1. The summed E-state index contributed by atoms with van der Waals surface area (Å²) in [6.07, 6.45) is 2.26. The Morgan fingerprint density at radius 1 is 1.25 bits per heavy atom. The minimum atomic E-state index is 0.244. The minimum absolute atomic E-state index is 0.244. The zero-order valence-corrected chi connectivity index (χ0v) is 12.0. The van der Waals surface area contributed by atoms with E-state index < -0.39 is 0 Å². The summed E-state index contributed by atoms with van der Waals surface area (Å²) in [7, 11) is 0. The number of para-hydroxylation sites is 2. The quantitative estimate of drug-likeness (QED) is 0.828. The van der Waals surface area contributed by atoms with Crippen molar-refractivity contribution in [2.75, 3.05) is 37.7 Å². The summed E-state index contributed by atoms with van der Waals surface area (Å²) in [6.45, 7) is 5.99. The number of hydrogen-bond donors (Lipinski definition) is 0. The number of hydrogen-bond acceptors (Lipinski definition) is 3. The average Bonchev–Trinajstić information content (AvgIpc) is 2.48. The van der Waals surface area contributed by atoms with Crippen molar-refractivity contribution in [2.24, 2.45) is 5.92 Å². The van der Waals surface area contributed by atoms with Gasteiger partial charge in [-0.25, -0.2) is 0 Å². The largest absolute Gasteiger partial charge is 0.490 e. The topological polar surface area (TPSA) is 32.8 Å². The van der Waals surface area contributed by atoms with Gasteiger partial charge in [-0.15, -0.1) is 0 Å². The van der Waals surface area contributed by atoms with Gasteiger partial charge >= 0.3 is 0 Å². The highest BCUT2D eigenvalue weighted by molar-refractivity contribution is 5.82. The van der Waals surface area contributed by atoms with E-state index in [1.165, 1.54) is 0 Å². The number of carbonyl (C=O) groups excluding carboxylic acids is 1. The predicted octanol–water partition coefficient (Wildman–Crippen LogP) is 2.14. The number of fused-ring (bicyclic) bond motifs is 1. The van der Waals surface area contributed by atoms with Crippen LogP contribution in [0.25, 0.3) is 0 Å². The Labute approximate surface area is 120 Å². The maximum atomic E-state index is 12.4. The second-order valence-corrected chi connectivity index (χ2v) is 5.80. The van der Waals surface area contributed by atoms with Gasteiger partial charge < -0.3 is 14.5 Å². The number of nitrogens with zero attached hydrogens (tertiary/aromatic N) is 2. The molecule has 0 saturated carbocycles. The van der Waals surface area contributed by atoms with Crippen LogP contribution in [0.15, 0.2) is 24.3 Å². The summed E-state index contributed by atoms with van der Waals surface area (Å²) in [5, 5.41) is 0. The van der Waals surface area contributed by atoms with Gasteiger partial charge in [-0.1, -0.05) is 19.1 Å². The molecule has 0 atom stereocenters. The molecule has 0 radical (unpaired) electrons. The first kappa shape index (κ1) is 13.3. The Bertz CT molecular complexity index is 481. The van der Waals surface area contributed by atoms with Crippen LogP contribution >= 0.6 is 0 Å². The van der Waals surface area contributed by atoms with Crippen LogP contribution in [0.2, 0.25) is 0 Å². The third kappa shape index (κ3) is 2.74. The highest BCUT2D eigenvalue weighted by atomic mass is 16.5. The third-order valence-corrected chi connectivity index (χ3v) is 4.29. The van der Waals surface area contributed by atoms with Crippen molar-refractivity contribution in [1.82, 2.24) is 4.90 Å². The van der Waals surface area contributed by atoms with Crippen molar-refractivity contribution in [2.45, 2.75) is 19.8 Å². The van der Waals surface area contributed by atoms with Crippen molar-refractivity contribution in [3.63, 3.8) is 0 Å². The van der Waals surface area contributed by atoms with Crippen LogP contribution in [0.3, 0.4) is 0 Å². The fraction of sp³-hybridized carbons (Fsp3) is 0.562. The van der Waals surface area contributed by atoms with E-state index in [-0.39, 0.29) is 5.91 Å². The molecule has 1 aromatic carbocycles. The molecule has 20 heavy (non-hydrogen) atoms. The molecule has 1 fully saturated rings. The zero-order valence-electron chi connectivity index (χ0n) is 12.0. The van der Waals surface area contributed by atoms with E-state index in [4.69, 9.17) is 4.74 Å². The average molecular weight is 274 g/mol. The van der Waals surface area contributed by atoms with Crippen LogP contribution in [0.4, 0.5) is 5.69 Å². The zero-order chi connectivity index (χ0) is 13.9. The molecule has 108 valence electrons. The lowest BCUT2D eigenvalue weighted by atomic mass is 9.99. The van der Waals surface area contributed by atoms with Crippen LogP contribution in [0.5, 0.6) is 5.75 Å². The van der Waals surface area contributed by atoms with Gasteiger partial charge in [0.05, 0.1) is 18.8 Å². The summed E-state index contributed by atoms with van der Waals surface area (Å²) < 4.78 is 5.63. The molecular weight excluding hydrogens is 252 g/mol. The summed E-state index contributed by atoms with van der Waals surface area (Å²) in [6, 6.07) is 7.96. The van der Waals surface area contributed by atoms with Crippen molar-refractivity contribution in [3.05, 3.63) is 24.3 Å². The number of benzene rings is 1. The highest BCUT2D eigenvalue weighted by Crippen LogP contribution is 2.30. The molecular formula is C16H22N2O2. The lowest BCUT2D eigenvalue weighted by Crippen LogP contribution is -2.45. The van der Waals surface area contributed by atoms with Gasteiger partial charge in [0.1, 0.15) is 12.4 Å². The summed E-state index contributed by atoms with van der Waals surface area (Å²) in [4.78, 5) is 16.6. The fourth-order valence-corrected chi connectivity index (χ4v) is 2.91. The van der Waals surface area contributed by atoms with Crippen molar-refractivity contribution < 1.29 is 9.53 Å². The second-order valence-electron chi connectivity index (χ2n) is 5.80. The molecule has 0 aliphatic carbocycles. The number of amides is 1. The summed E-state index contributed by atoms with van der Waals surface area (Å²) in [5.74, 6) is 1.88. The molecule has 0 spiro atoms. The molecule has 0 N–H and O–H groups in total. The van der Waals surface area contributed by atoms with E-state index in [0.717, 1.165) is 49.8 Å². The Hall–Kier alpha value is -1.71. The number of anilines is 1. The summed E-state index contributed by atoms with van der Waals surface area (Å²) >= 11 is 0.